The second kappa shape index (κ2) is 16.2. The number of aromatic nitrogens is 2. The number of alkyl halides is 3. The van der Waals surface area contributed by atoms with E-state index in [1.165, 1.54) is 31.5 Å². The maximum Gasteiger partial charge on any atom is 0.573 e. The minimum Gasteiger partial charge on any atom is -0.431 e. The van der Waals surface area contributed by atoms with E-state index < -0.39 is 65.8 Å². The number of amides is 1. The van der Waals surface area contributed by atoms with E-state index in [2.05, 4.69) is 14.7 Å². The number of hydrogen-bond acceptors (Lipinski definition) is 14. The van der Waals surface area contributed by atoms with Crippen molar-refractivity contribution >= 4 is 67.0 Å². The molecular formula is C33H39F3N6O9S2. The Morgan fingerprint density at radius 2 is 1.79 bits per heavy atom. The number of thiazole rings is 1. The first-order chi connectivity index (χ1) is 25.3. The molecule has 15 nitrogen and oxygen atoms in total. The number of nitrogen functional groups attached to an aromatic ring is 1. The number of carbonyl (C=O) groups excluding carboxylic acids is 3. The highest BCUT2D eigenvalue weighted by atomic mass is 32.2. The largest absolute Gasteiger partial charge is 0.573 e. The molecule has 0 radical (unpaired) electrons. The van der Waals surface area contributed by atoms with Crippen LogP contribution in [0.25, 0.3) is 10.8 Å². The molecule has 1 saturated carbocycles. The molecule has 6 rings (SSSR count). The molecular weight excluding hydrogens is 746 g/mol. The molecule has 53 heavy (non-hydrogen) atoms. The molecule has 3 aromatic rings. The van der Waals surface area contributed by atoms with Gasteiger partial charge < -0.3 is 34.5 Å². The van der Waals surface area contributed by atoms with Gasteiger partial charge in [-0.1, -0.05) is 17.8 Å². The number of hydrogen-bond donors (Lipinski definition) is 2. The summed E-state index contributed by atoms with van der Waals surface area (Å²) in [5.74, 6) is -2.69. The number of carbonyl (C=O) groups is 3. The number of rotatable bonds is 12. The number of anilines is 3. The average molecular weight is 785 g/mol. The standard InChI is InChI=1S/C33H39F3N6O9S2/c1-19(49-32(45)50-22-7-3-2-4-8-22)48-30(44)25(16-21-15-20-9-11-38-28(37)23(20)17-26(21)51-33(34,35)36)41-14-10-24(29(41)43)42(53(46)47)27-18-39-31(52-27)40-12-5-6-13-40/h9,11,15,17-19,22,24-25,53H,2-8,10,12-14,16H2,1H3,(H2,37,38)/t19?,24-,25+/m0/s1. The highest BCUT2D eigenvalue weighted by Crippen LogP contribution is 2.37. The minimum atomic E-state index is -5.15. The summed E-state index contributed by atoms with van der Waals surface area (Å²) in [5.41, 5.74) is 5.78. The smallest absolute Gasteiger partial charge is 0.431 e. The van der Waals surface area contributed by atoms with Crippen molar-refractivity contribution in [2.45, 2.75) is 95.6 Å². The van der Waals surface area contributed by atoms with Crippen LogP contribution in [0.2, 0.25) is 0 Å². The molecule has 3 atom stereocenters. The number of thiol groups is 1. The van der Waals surface area contributed by atoms with E-state index in [1.54, 1.807) is 0 Å². The third-order valence-corrected chi connectivity index (χ3v) is 11.4. The summed E-state index contributed by atoms with van der Waals surface area (Å²) < 4.78 is 87.5. The van der Waals surface area contributed by atoms with Crippen LogP contribution in [-0.2, 0) is 41.1 Å². The van der Waals surface area contributed by atoms with Crippen molar-refractivity contribution in [3.05, 3.63) is 36.2 Å². The summed E-state index contributed by atoms with van der Waals surface area (Å²) in [4.78, 5) is 51.9. The molecule has 2 aliphatic heterocycles. The van der Waals surface area contributed by atoms with Gasteiger partial charge in [0.1, 0.15) is 34.8 Å². The van der Waals surface area contributed by atoms with Crippen LogP contribution >= 0.6 is 11.3 Å². The maximum absolute atomic E-state index is 14.1. The van der Waals surface area contributed by atoms with Gasteiger partial charge in [-0.05, 0) is 74.1 Å². The summed E-state index contributed by atoms with van der Waals surface area (Å²) in [6.45, 7) is 2.60. The zero-order valence-corrected chi connectivity index (χ0v) is 30.4. The molecule has 3 fully saturated rings. The number of pyridine rings is 1. The molecule has 20 heteroatoms. The SMILES string of the molecule is CC(OC(=O)OC1CCCCC1)OC(=O)[C@@H](Cc1cc2ccnc(N)c2cc1OC(F)(F)F)N1CC[C@H](N(c2cnc(N3CCCC3)s2)[SH](=O)=O)C1=O. The van der Waals surface area contributed by atoms with Gasteiger partial charge in [-0.3, -0.25) is 4.79 Å². The van der Waals surface area contributed by atoms with E-state index in [0.717, 1.165) is 71.8 Å². The number of esters is 1. The second-order valence-electron chi connectivity index (χ2n) is 13.0. The molecule has 2 saturated heterocycles. The van der Waals surface area contributed by atoms with E-state index in [9.17, 15) is 36.0 Å². The first-order valence-corrected chi connectivity index (χ1v) is 19.2. The zero-order chi connectivity index (χ0) is 37.9. The first-order valence-electron chi connectivity index (χ1n) is 17.2. The quantitative estimate of drug-likeness (QED) is 0.147. The minimum absolute atomic E-state index is 0.0610. The first kappa shape index (κ1) is 38.1. The molecule has 3 aliphatic rings. The lowest BCUT2D eigenvalue weighted by Crippen LogP contribution is -2.49. The molecule has 288 valence electrons. The predicted molar refractivity (Wildman–Crippen MR) is 187 cm³/mol. The van der Waals surface area contributed by atoms with E-state index in [1.807, 2.05) is 4.90 Å². The van der Waals surface area contributed by atoms with E-state index in [0.29, 0.717) is 23.4 Å². The molecule has 1 unspecified atom stereocenters. The highest BCUT2D eigenvalue weighted by molar-refractivity contribution is 7.74. The average Bonchev–Trinajstić information content (AvgIpc) is 3.87. The van der Waals surface area contributed by atoms with E-state index >= 15 is 0 Å². The van der Waals surface area contributed by atoms with Gasteiger partial charge in [-0.25, -0.2) is 32.3 Å². The predicted octanol–water partition coefficient (Wildman–Crippen LogP) is 4.69. The summed E-state index contributed by atoms with van der Waals surface area (Å²) >= 11 is 1.11. The third kappa shape index (κ3) is 9.14. The van der Waals surface area contributed by atoms with Crippen LogP contribution in [0.15, 0.2) is 30.6 Å². The zero-order valence-electron chi connectivity index (χ0n) is 28.7. The van der Waals surface area contributed by atoms with Crippen LogP contribution in [0.4, 0.5) is 33.9 Å². The fourth-order valence-electron chi connectivity index (χ4n) is 6.92. The van der Waals surface area contributed by atoms with E-state index in [4.69, 9.17) is 19.9 Å². The van der Waals surface area contributed by atoms with Gasteiger partial charge in [0, 0.05) is 44.6 Å². The number of fused-ring (bicyclic) bond motifs is 1. The van der Waals surface area contributed by atoms with Crippen molar-refractivity contribution in [3.63, 3.8) is 0 Å². The van der Waals surface area contributed by atoms with Crippen molar-refractivity contribution in [2.75, 3.05) is 34.6 Å². The van der Waals surface area contributed by atoms with Gasteiger partial charge in [0.05, 0.1) is 6.20 Å². The lowest BCUT2D eigenvalue weighted by Gasteiger charge is -2.29. The molecule has 0 spiro atoms. The Labute approximate surface area is 308 Å². The monoisotopic (exact) mass is 784 g/mol. The van der Waals surface area contributed by atoms with Crippen molar-refractivity contribution in [3.8, 4) is 5.75 Å². The summed E-state index contributed by atoms with van der Waals surface area (Å²) in [7, 11) is -3.37. The summed E-state index contributed by atoms with van der Waals surface area (Å²) in [6, 6.07) is 0.959. The third-order valence-electron chi connectivity index (χ3n) is 9.39. The number of nitrogens with zero attached hydrogens (tertiary/aromatic N) is 5. The molecule has 2 aromatic heterocycles. The Morgan fingerprint density at radius 3 is 2.49 bits per heavy atom. The van der Waals surface area contributed by atoms with Crippen LogP contribution in [0, 0.1) is 0 Å². The summed E-state index contributed by atoms with van der Waals surface area (Å²) in [5, 5.41) is 1.32. The number of benzene rings is 1. The molecule has 0 bridgehead atoms. The molecule has 1 aromatic carbocycles. The molecule has 2 N–H and O–H groups in total. The Hall–Kier alpha value is -4.59. The Bertz CT molecular complexity index is 1890. The lowest BCUT2D eigenvalue weighted by atomic mass is 9.98. The van der Waals surface area contributed by atoms with Crippen LogP contribution in [0.5, 0.6) is 5.75 Å². The summed E-state index contributed by atoms with van der Waals surface area (Å²) in [6.07, 6.45) is 0.0377. The lowest BCUT2D eigenvalue weighted by molar-refractivity contribution is -0.274. The molecule has 1 aliphatic carbocycles. The Balaban J connectivity index is 1.29. The van der Waals surface area contributed by atoms with Crippen molar-refractivity contribution in [1.29, 1.82) is 0 Å². The fraction of sp³-hybridized carbons (Fsp3) is 0.545. The van der Waals surface area contributed by atoms with Gasteiger partial charge in [0.15, 0.2) is 5.13 Å². The van der Waals surface area contributed by atoms with Crippen LogP contribution < -0.4 is 19.7 Å². The Kier molecular flexibility index (Phi) is 11.7. The normalized spacial score (nSPS) is 19.4. The van der Waals surface area contributed by atoms with Crippen molar-refractivity contribution in [1.82, 2.24) is 14.9 Å². The maximum atomic E-state index is 14.1. The van der Waals surface area contributed by atoms with Crippen LogP contribution in [0.3, 0.4) is 0 Å². The van der Waals surface area contributed by atoms with Gasteiger partial charge in [-0.15, -0.1) is 13.2 Å². The van der Waals surface area contributed by atoms with Crippen LogP contribution in [-0.4, -0.2) is 91.8 Å². The van der Waals surface area contributed by atoms with Crippen LogP contribution in [0.1, 0.15) is 63.9 Å². The van der Waals surface area contributed by atoms with Gasteiger partial charge in [-0.2, -0.15) is 0 Å². The van der Waals surface area contributed by atoms with Gasteiger partial charge in [0.25, 0.3) is 0 Å². The topological polar surface area (TPSA) is 184 Å². The van der Waals surface area contributed by atoms with E-state index in [-0.39, 0.29) is 40.8 Å². The van der Waals surface area contributed by atoms with Crippen molar-refractivity contribution < 1.29 is 54.9 Å². The van der Waals surface area contributed by atoms with Gasteiger partial charge in [0.2, 0.25) is 23.1 Å². The Morgan fingerprint density at radius 1 is 1.06 bits per heavy atom. The van der Waals surface area contributed by atoms with Gasteiger partial charge >= 0.3 is 18.5 Å². The fourth-order valence-corrected chi connectivity index (χ4v) is 8.82. The highest BCUT2D eigenvalue weighted by Gasteiger charge is 2.45. The molecule has 4 heterocycles. The number of halogens is 3. The second-order valence-corrected chi connectivity index (χ2v) is 14.9. The number of ether oxygens (including phenoxy) is 4. The number of nitrogens with two attached hydrogens (primary N) is 1. The number of likely N-dealkylation sites (tertiary alicyclic amines) is 1. The molecule has 1 amide bonds. The van der Waals surface area contributed by atoms with Crippen molar-refractivity contribution in [2.24, 2.45) is 0 Å².